The van der Waals surface area contributed by atoms with E-state index in [0.717, 1.165) is 6.42 Å². The SMILES string of the molecule is C1=CC2=C3C(=CC=C4C=CC(c5c6ccccc6c(-c6ccc7c8ccccc8c8ccccc8c7c6)c6cc(-c7ccccc7)ccc56)=C(C=C2)C43)C1. The van der Waals surface area contributed by atoms with Crippen LogP contribution in [0.2, 0.25) is 0 Å². The van der Waals surface area contributed by atoms with Crippen molar-refractivity contribution >= 4 is 59.4 Å². The van der Waals surface area contributed by atoms with Gasteiger partial charge in [-0.1, -0.05) is 176 Å². The van der Waals surface area contributed by atoms with Crippen LogP contribution in [0, 0.1) is 5.92 Å². The minimum absolute atomic E-state index is 0.260. The van der Waals surface area contributed by atoms with Crippen LogP contribution in [0.3, 0.4) is 0 Å². The maximum absolute atomic E-state index is 2.46. The predicted molar refractivity (Wildman–Crippen MR) is 230 cm³/mol. The fraction of sp³-hybridized carbons (Fsp3) is 0.0370. The van der Waals surface area contributed by atoms with Gasteiger partial charge in [-0.3, -0.25) is 0 Å². The van der Waals surface area contributed by atoms with E-state index >= 15 is 0 Å². The van der Waals surface area contributed by atoms with Crippen LogP contribution >= 0.6 is 0 Å². The average Bonchev–Trinajstić information content (AvgIpc) is 3.25. The molecule has 250 valence electrons. The molecule has 4 aliphatic carbocycles. The highest BCUT2D eigenvalue weighted by Crippen LogP contribution is 2.52. The molecule has 0 saturated heterocycles. The molecule has 0 heterocycles. The summed E-state index contributed by atoms with van der Waals surface area (Å²) in [5, 5.41) is 12.9. The number of fused-ring (bicyclic) bond motifs is 8. The molecule has 1 unspecified atom stereocenters. The summed E-state index contributed by atoms with van der Waals surface area (Å²) in [6, 6.07) is 52.1. The minimum Gasteiger partial charge on any atom is -0.0795 e. The molecule has 0 heteroatoms. The van der Waals surface area contributed by atoms with Gasteiger partial charge in [-0.25, -0.2) is 0 Å². The molecule has 0 nitrogen and oxygen atoms in total. The molecule has 1 atom stereocenters. The molecular weight excluding hydrogens is 649 g/mol. The van der Waals surface area contributed by atoms with Gasteiger partial charge in [0.15, 0.2) is 0 Å². The topological polar surface area (TPSA) is 0 Å². The fourth-order valence-electron chi connectivity index (χ4n) is 9.98. The zero-order valence-corrected chi connectivity index (χ0v) is 29.7. The standard InChI is InChI=1S/C54H34/c1-2-11-33(12-3-1)37-25-30-48-50(31-37)52(38-26-27-43-41-17-5-4-15-39(41)40-16-6-7-18-42(40)49(43)32-38)44-19-8-9-20-45(44)54(48)47-29-24-36-22-21-34-13-10-14-35-23-28-46(47)53(36)51(34)35/h1-12,14-32,53H,13H2. The quantitative estimate of drug-likeness (QED) is 0.129. The van der Waals surface area contributed by atoms with Gasteiger partial charge >= 0.3 is 0 Å². The van der Waals surface area contributed by atoms with Gasteiger partial charge in [0.2, 0.25) is 0 Å². The number of hydrogen-bond acceptors (Lipinski definition) is 0. The smallest absolute Gasteiger partial charge is 0.0354 e. The zero-order chi connectivity index (χ0) is 35.3. The Labute approximate surface area is 314 Å². The first-order valence-corrected chi connectivity index (χ1v) is 19.1. The van der Waals surface area contributed by atoms with E-state index in [2.05, 4.69) is 188 Å². The van der Waals surface area contributed by atoms with Crippen LogP contribution < -0.4 is 0 Å². The van der Waals surface area contributed by atoms with Crippen molar-refractivity contribution in [2.75, 3.05) is 0 Å². The van der Waals surface area contributed by atoms with E-state index in [9.17, 15) is 0 Å². The van der Waals surface area contributed by atoms with Crippen LogP contribution in [0.1, 0.15) is 12.0 Å². The fourth-order valence-corrected chi connectivity index (χ4v) is 9.98. The van der Waals surface area contributed by atoms with Crippen molar-refractivity contribution in [1.82, 2.24) is 0 Å². The molecular formula is C54H34. The van der Waals surface area contributed by atoms with Crippen LogP contribution in [0.5, 0.6) is 0 Å². The van der Waals surface area contributed by atoms with Gasteiger partial charge in [-0.2, -0.15) is 0 Å². The summed E-state index contributed by atoms with van der Waals surface area (Å²) in [5.41, 5.74) is 14.7. The Morgan fingerprint density at radius 3 is 1.74 bits per heavy atom. The van der Waals surface area contributed by atoms with Gasteiger partial charge in [-0.05, 0) is 134 Å². The lowest BCUT2D eigenvalue weighted by Crippen LogP contribution is -2.22. The van der Waals surface area contributed by atoms with Crippen LogP contribution in [0.15, 0.2) is 216 Å². The van der Waals surface area contributed by atoms with Crippen molar-refractivity contribution in [3.05, 3.63) is 222 Å². The van der Waals surface area contributed by atoms with Gasteiger partial charge < -0.3 is 0 Å². The summed E-state index contributed by atoms with van der Waals surface area (Å²) in [6.45, 7) is 0. The third kappa shape index (κ3) is 4.20. The second kappa shape index (κ2) is 11.4. The Kier molecular flexibility index (Phi) is 6.27. The molecule has 8 aromatic rings. The van der Waals surface area contributed by atoms with Gasteiger partial charge in [0.05, 0.1) is 0 Å². The molecule has 0 amide bonds. The highest BCUT2D eigenvalue weighted by molar-refractivity contribution is 6.27. The molecule has 0 saturated carbocycles. The van der Waals surface area contributed by atoms with Crippen LogP contribution in [0.4, 0.5) is 0 Å². The molecule has 12 rings (SSSR count). The first kappa shape index (κ1) is 29.8. The first-order valence-electron chi connectivity index (χ1n) is 19.1. The van der Waals surface area contributed by atoms with Crippen molar-refractivity contribution in [3.63, 3.8) is 0 Å². The van der Waals surface area contributed by atoms with E-state index in [1.54, 1.807) is 0 Å². The predicted octanol–water partition coefficient (Wildman–Crippen LogP) is 14.4. The molecule has 0 bridgehead atoms. The number of benzene rings is 8. The van der Waals surface area contributed by atoms with Crippen LogP contribution in [-0.2, 0) is 0 Å². The van der Waals surface area contributed by atoms with E-state index in [0.29, 0.717) is 0 Å². The summed E-state index contributed by atoms with van der Waals surface area (Å²) in [5.74, 6) is 0.260. The number of hydrogen-bond donors (Lipinski definition) is 0. The van der Waals surface area contributed by atoms with Crippen LogP contribution in [-0.4, -0.2) is 0 Å². The maximum atomic E-state index is 2.46. The lowest BCUT2D eigenvalue weighted by molar-refractivity contribution is 0.836. The first-order chi connectivity index (χ1) is 26.8. The molecule has 0 aromatic heterocycles. The highest BCUT2D eigenvalue weighted by Gasteiger charge is 2.35. The Morgan fingerprint density at radius 1 is 0.389 bits per heavy atom. The van der Waals surface area contributed by atoms with Crippen molar-refractivity contribution in [1.29, 1.82) is 0 Å². The molecule has 54 heavy (non-hydrogen) atoms. The second-order valence-electron chi connectivity index (χ2n) is 15.1. The monoisotopic (exact) mass is 682 g/mol. The van der Waals surface area contributed by atoms with E-state index in [1.165, 1.54) is 115 Å². The van der Waals surface area contributed by atoms with E-state index in [1.807, 2.05) is 0 Å². The Balaban J connectivity index is 1.19. The Morgan fingerprint density at radius 2 is 0.981 bits per heavy atom. The third-order valence-electron chi connectivity index (χ3n) is 12.3. The summed E-state index contributed by atoms with van der Waals surface area (Å²) in [7, 11) is 0. The molecule has 0 spiro atoms. The summed E-state index contributed by atoms with van der Waals surface area (Å²) < 4.78 is 0. The molecule has 4 aliphatic rings. The molecule has 0 aliphatic heterocycles. The van der Waals surface area contributed by atoms with Crippen molar-refractivity contribution in [2.24, 2.45) is 5.92 Å². The molecule has 0 N–H and O–H groups in total. The molecule has 8 aromatic carbocycles. The molecule has 0 radical (unpaired) electrons. The zero-order valence-electron chi connectivity index (χ0n) is 29.7. The Bertz CT molecular complexity index is 3170. The maximum Gasteiger partial charge on any atom is 0.0354 e. The van der Waals surface area contributed by atoms with Crippen molar-refractivity contribution in [2.45, 2.75) is 6.42 Å². The molecule has 0 fully saturated rings. The highest BCUT2D eigenvalue weighted by atomic mass is 14.4. The number of rotatable bonds is 3. The Hall–Kier alpha value is -6.76. The second-order valence-corrected chi connectivity index (χ2v) is 15.1. The van der Waals surface area contributed by atoms with E-state index in [4.69, 9.17) is 0 Å². The largest absolute Gasteiger partial charge is 0.0795 e. The lowest BCUT2D eigenvalue weighted by Gasteiger charge is -2.37. The van der Waals surface area contributed by atoms with Gasteiger partial charge in [-0.15, -0.1) is 0 Å². The van der Waals surface area contributed by atoms with E-state index in [-0.39, 0.29) is 5.92 Å². The number of allylic oxidation sites excluding steroid dienone is 14. The third-order valence-corrected chi connectivity index (χ3v) is 12.3. The van der Waals surface area contributed by atoms with Crippen molar-refractivity contribution in [3.8, 4) is 22.3 Å². The summed E-state index contributed by atoms with van der Waals surface area (Å²) in [4.78, 5) is 0. The van der Waals surface area contributed by atoms with Gasteiger partial charge in [0, 0.05) is 5.92 Å². The van der Waals surface area contributed by atoms with Crippen LogP contribution in [0.25, 0.3) is 81.7 Å². The van der Waals surface area contributed by atoms with E-state index < -0.39 is 0 Å². The van der Waals surface area contributed by atoms with Gasteiger partial charge in [0.1, 0.15) is 0 Å². The minimum atomic E-state index is 0.260. The average molecular weight is 683 g/mol. The van der Waals surface area contributed by atoms with Gasteiger partial charge in [0.25, 0.3) is 0 Å². The summed E-state index contributed by atoms with van der Waals surface area (Å²) in [6.07, 6.45) is 19.9. The van der Waals surface area contributed by atoms with Crippen molar-refractivity contribution < 1.29 is 0 Å². The summed E-state index contributed by atoms with van der Waals surface area (Å²) >= 11 is 0. The lowest BCUT2D eigenvalue weighted by atomic mass is 9.66. The normalized spacial score (nSPS) is 17.2.